The molecule has 5 rings (SSSR count). The number of nitrogens with zero attached hydrogens (tertiary/aromatic N) is 3. The number of benzene rings is 2. The molecule has 9 heteroatoms. The molecule has 1 aliphatic rings. The Hall–Kier alpha value is -4.66. The van der Waals surface area contributed by atoms with Crippen molar-refractivity contribution in [2.75, 3.05) is 22.1 Å². The Labute approximate surface area is 205 Å². The average molecular weight is 485 g/mol. The van der Waals surface area contributed by atoms with Gasteiger partial charge in [0.15, 0.2) is 11.6 Å². The lowest BCUT2D eigenvalue weighted by molar-refractivity contribution is -0.117. The molecular formula is C27H21F2N5O2. The molecule has 2 N–H and O–H groups in total. The summed E-state index contributed by atoms with van der Waals surface area (Å²) in [6.45, 7) is 0.752. The van der Waals surface area contributed by atoms with E-state index in [0.29, 0.717) is 23.6 Å². The summed E-state index contributed by atoms with van der Waals surface area (Å²) in [4.78, 5) is 34.6. The number of nitrogens with one attached hydrogen (secondary N) is 2. The third-order valence-electron chi connectivity index (χ3n) is 5.81. The molecule has 3 heterocycles. The number of pyridine rings is 2. The van der Waals surface area contributed by atoms with Gasteiger partial charge in [-0.3, -0.25) is 14.6 Å². The van der Waals surface area contributed by atoms with Crippen LogP contribution in [-0.4, -0.2) is 28.3 Å². The summed E-state index contributed by atoms with van der Waals surface area (Å²) in [7, 11) is 0. The highest BCUT2D eigenvalue weighted by Gasteiger charge is 2.21. The van der Waals surface area contributed by atoms with Crippen molar-refractivity contribution in [1.82, 2.24) is 9.97 Å². The molecule has 1 aliphatic heterocycles. The van der Waals surface area contributed by atoms with Crippen molar-refractivity contribution in [3.8, 4) is 11.1 Å². The lowest BCUT2D eigenvalue weighted by atomic mass is 10.1. The molecule has 0 unspecified atom stereocenters. The summed E-state index contributed by atoms with van der Waals surface area (Å²) in [5.41, 5.74) is 3.24. The Kier molecular flexibility index (Phi) is 6.36. The number of hydrogen-bond donors (Lipinski definition) is 2. The number of halogens is 2. The Morgan fingerprint density at radius 2 is 1.69 bits per heavy atom. The first-order chi connectivity index (χ1) is 17.5. The van der Waals surface area contributed by atoms with Gasteiger partial charge in [0.1, 0.15) is 5.82 Å². The van der Waals surface area contributed by atoms with Gasteiger partial charge in [-0.25, -0.2) is 13.8 Å². The van der Waals surface area contributed by atoms with E-state index in [1.54, 1.807) is 29.4 Å². The van der Waals surface area contributed by atoms with Gasteiger partial charge in [-0.15, -0.1) is 0 Å². The van der Waals surface area contributed by atoms with E-state index in [-0.39, 0.29) is 5.91 Å². The standard InChI is InChI=1S/C27H21F2N5O2/c28-23-4-1-3-22(26(23)29)27(36)33-20-13-19(15-30-16-20)32-24-11-8-18(14-31-24)17-6-9-21(10-7-17)34-12-2-5-25(34)35/h1,3-4,6-11,13-16H,2,5,12H2,(H,31,32)(H,33,36). The molecule has 0 bridgehead atoms. The van der Waals surface area contributed by atoms with Crippen molar-refractivity contribution in [2.24, 2.45) is 0 Å². The van der Waals surface area contributed by atoms with Crippen LogP contribution in [0.4, 0.5) is 31.7 Å². The first-order valence-corrected chi connectivity index (χ1v) is 11.3. The minimum Gasteiger partial charge on any atom is -0.339 e. The molecule has 4 aromatic rings. The number of aromatic nitrogens is 2. The van der Waals surface area contributed by atoms with Gasteiger partial charge in [0, 0.05) is 30.4 Å². The van der Waals surface area contributed by atoms with E-state index < -0.39 is 23.1 Å². The lowest BCUT2D eigenvalue weighted by Crippen LogP contribution is -2.23. The van der Waals surface area contributed by atoms with Gasteiger partial charge >= 0.3 is 0 Å². The summed E-state index contributed by atoms with van der Waals surface area (Å²) < 4.78 is 27.3. The minimum absolute atomic E-state index is 0.152. The number of carbonyl (C=O) groups excluding carboxylic acids is 2. The third-order valence-corrected chi connectivity index (χ3v) is 5.81. The van der Waals surface area contributed by atoms with Crippen LogP contribution in [0, 0.1) is 11.6 Å². The van der Waals surface area contributed by atoms with Crippen LogP contribution in [-0.2, 0) is 4.79 Å². The maximum absolute atomic E-state index is 13.9. The van der Waals surface area contributed by atoms with Crippen molar-refractivity contribution in [1.29, 1.82) is 0 Å². The summed E-state index contributed by atoms with van der Waals surface area (Å²) >= 11 is 0. The molecule has 0 radical (unpaired) electrons. The van der Waals surface area contributed by atoms with Gasteiger partial charge in [-0.1, -0.05) is 18.2 Å². The Balaban J connectivity index is 1.25. The molecule has 7 nitrogen and oxygen atoms in total. The van der Waals surface area contributed by atoms with Crippen LogP contribution in [0.15, 0.2) is 79.3 Å². The number of hydrogen-bond acceptors (Lipinski definition) is 5. The van der Waals surface area contributed by atoms with Gasteiger partial charge in [-0.2, -0.15) is 0 Å². The van der Waals surface area contributed by atoms with Crippen LogP contribution in [0.25, 0.3) is 11.1 Å². The van der Waals surface area contributed by atoms with E-state index >= 15 is 0 Å². The van der Waals surface area contributed by atoms with E-state index in [9.17, 15) is 18.4 Å². The summed E-state index contributed by atoms with van der Waals surface area (Å²) in [5, 5.41) is 5.62. The minimum atomic E-state index is -1.21. The Morgan fingerprint density at radius 3 is 2.42 bits per heavy atom. The van der Waals surface area contributed by atoms with Crippen LogP contribution in [0.1, 0.15) is 23.2 Å². The highest BCUT2D eigenvalue weighted by atomic mass is 19.2. The van der Waals surface area contributed by atoms with Gasteiger partial charge < -0.3 is 15.5 Å². The van der Waals surface area contributed by atoms with Crippen LogP contribution >= 0.6 is 0 Å². The molecule has 0 atom stereocenters. The molecule has 2 aromatic heterocycles. The fourth-order valence-electron chi connectivity index (χ4n) is 4.00. The molecule has 0 saturated carbocycles. The van der Waals surface area contributed by atoms with E-state index in [1.165, 1.54) is 18.3 Å². The monoisotopic (exact) mass is 485 g/mol. The highest BCUT2D eigenvalue weighted by Crippen LogP contribution is 2.27. The maximum atomic E-state index is 13.9. The lowest BCUT2D eigenvalue weighted by Gasteiger charge is -2.16. The fraction of sp³-hybridized carbons (Fsp3) is 0.111. The van der Waals surface area contributed by atoms with Crippen LogP contribution in [0.2, 0.25) is 0 Å². The molecule has 2 amide bonds. The summed E-state index contributed by atoms with van der Waals surface area (Å²) in [6.07, 6.45) is 6.15. The number of anilines is 4. The van der Waals surface area contributed by atoms with Crippen molar-refractivity contribution in [3.05, 3.63) is 96.5 Å². The maximum Gasteiger partial charge on any atom is 0.258 e. The van der Waals surface area contributed by atoms with Crippen molar-refractivity contribution in [3.63, 3.8) is 0 Å². The van der Waals surface area contributed by atoms with E-state index in [1.807, 2.05) is 30.3 Å². The molecule has 1 saturated heterocycles. The molecular weight excluding hydrogens is 464 g/mol. The number of carbonyl (C=O) groups is 2. The van der Waals surface area contributed by atoms with Crippen molar-refractivity contribution >= 4 is 34.7 Å². The SMILES string of the molecule is O=C(Nc1cncc(Nc2ccc(-c3ccc(N4CCCC4=O)cc3)cn2)c1)c1cccc(F)c1F. The third kappa shape index (κ3) is 4.90. The number of amides is 2. The van der Waals surface area contributed by atoms with Gasteiger partial charge in [0.05, 0.1) is 29.3 Å². The molecule has 0 aliphatic carbocycles. The highest BCUT2D eigenvalue weighted by molar-refractivity contribution is 6.04. The van der Waals surface area contributed by atoms with Gasteiger partial charge in [0.2, 0.25) is 5.91 Å². The number of rotatable bonds is 6. The topological polar surface area (TPSA) is 87.2 Å². The summed E-state index contributed by atoms with van der Waals surface area (Å²) in [6, 6.07) is 16.5. The smallest absolute Gasteiger partial charge is 0.258 e. The largest absolute Gasteiger partial charge is 0.339 e. The zero-order chi connectivity index (χ0) is 25.1. The summed E-state index contributed by atoms with van der Waals surface area (Å²) in [5.74, 6) is -2.38. The second-order valence-electron chi connectivity index (χ2n) is 8.27. The zero-order valence-corrected chi connectivity index (χ0v) is 19.0. The van der Waals surface area contributed by atoms with E-state index in [4.69, 9.17) is 0 Å². The first-order valence-electron chi connectivity index (χ1n) is 11.3. The van der Waals surface area contributed by atoms with E-state index in [0.717, 1.165) is 35.8 Å². The fourth-order valence-corrected chi connectivity index (χ4v) is 4.00. The van der Waals surface area contributed by atoms with Crippen LogP contribution in [0.3, 0.4) is 0 Å². The van der Waals surface area contributed by atoms with Crippen LogP contribution in [0.5, 0.6) is 0 Å². The second kappa shape index (κ2) is 9.91. The van der Waals surface area contributed by atoms with Crippen LogP contribution < -0.4 is 15.5 Å². The molecule has 0 spiro atoms. The van der Waals surface area contributed by atoms with Crippen molar-refractivity contribution in [2.45, 2.75) is 12.8 Å². The second-order valence-corrected chi connectivity index (χ2v) is 8.27. The van der Waals surface area contributed by atoms with Gasteiger partial charge in [-0.05, 0) is 54.4 Å². The van der Waals surface area contributed by atoms with E-state index in [2.05, 4.69) is 20.6 Å². The molecule has 2 aromatic carbocycles. The van der Waals surface area contributed by atoms with Crippen molar-refractivity contribution < 1.29 is 18.4 Å². The average Bonchev–Trinajstić information content (AvgIpc) is 3.32. The molecule has 180 valence electrons. The first kappa shape index (κ1) is 23.1. The predicted molar refractivity (Wildman–Crippen MR) is 133 cm³/mol. The Bertz CT molecular complexity index is 1430. The predicted octanol–water partition coefficient (Wildman–Crippen LogP) is 5.54. The Morgan fingerprint density at radius 1 is 0.917 bits per heavy atom. The zero-order valence-electron chi connectivity index (χ0n) is 19.0. The molecule has 36 heavy (non-hydrogen) atoms. The van der Waals surface area contributed by atoms with Gasteiger partial charge in [0.25, 0.3) is 5.91 Å². The normalized spacial score (nSPS) is 13.1. The quantitative estimate of drug-likeness (QED) is 0.374. The molecule has 1 fully saturated rings.